The van der Waals surface area contributed by atoms with Gasteiger partial charge in [0.1, 0.15) is 11.5 Å². The first kappa shape index (κ1) is 14.5. The quantitative estimate of drug-likeness (QED) is 0.854. The van der Waals surface area contributed by atoms with Gasteiger partial charge in [-0.3, -0.25) is 0 Å². The lowest BCUT2D eigenvalue weighted by Gasteiger charge is -2.17. The van der Waals surface area contributed by atoms with Crippen molar-refractivity contribution >= 4 is 5.57 Å². The van der Waals surface area contributed by atoms with Gasteiger partial charge < -0.3 is 10.2 Å². The second-order valence-electron chi connectivity index (χ2n) is 5.65. The third-order valence-corrected chi connectivity index (χ3v) is 4.21. The zero-order valence-corrected chi connectivity index (χ0v) is 12.7. The van der Waals surface area contributed by atoms with Crippen molar-refractivity contribution in [3.05, 3.63) is 77.4 Å². The number of phenolic OH excluding ortho intramolecular Hbond substituents is 2. The van der Waals surface area contributed by atoms with Gasteiger partial charge in [0.2, 0.25) is 0 Å². The Balaban J connectivity index is 1.79. The van der Waals surface area contributed by atoms with E-state index in [-0.39, 0.29) is 0 Å². The van der Waals surface area contributed by atoms with Crippen molar-refractivity contribution in [2.75, 3.05) is 0 Å². The first-order valence-corrected chi connectivity index (χ1v) is 7.67. The predicted octanol–water partition coefficient (Wildman–Crippen LogP) is 4.79. The van der Waals surface area contributed by atoms with Crippen molar-refractivity contribution < 1.29 is 10.2 Å². The molecule has 0 heterocycles. The normalized spacial score (nSPS) is 17.3. The molecular weight excluding hydrogens is 272 g/mol. The minimum Gasteiger partial charge on any atom is -0.508 e. The highest BCUT2D eigenvalue weighted by Gasteiger charge is 2.12. The second-order valence-corrected chi connectivity index (χ2v) is 5.65. The maximum absolute atomic E-state index is 9.79. The zero-order chi connectivity index (χ0) is 15.5. The zero-order valence-electron chi connectivity index (χ0n) is 12.7. The standard InChI is InChI=1S/C20H20O2/c1-2-14-13-18(9-12-20(14)22)17-5-3-15(4-6-17)16-7-10-19(21)11-8-16/h3,5-13,15,21-22H,2,4H2,1H3. The average molecular weight is 292 g/mol. The highest BCUT2D eigenvalue weighted by atomic mass is 16.3. The summed E-state index contributed by atoms with van der Waals surface area (Å²) < 4.78 is 0. The highest BCUT2D eigenvalue weighted by molar-refractivity contribution is 5.76. The molecule has 1 unspecified atom stereocenters. The fourth-order valence-corrected chi connectivity index (χ4v) is 2.85. The van der Waals surface area contributed by atoms with E-state index in [1.54, 1.807) is 18.2 Å². The largest absolute Gasteiger partial charge is 0.508 e. The van der Waals surface area contributed by atoms with Gasteiger partial charge in [0, 0.05) is 5.92 Å². The topological polar surface area (TPSA) is 40.5 Å². The van der Waals surface area contributed by atoms with E-state index >= 15 is 0 Å². The summed E-state index contributed by atoms with van der Waals surface area (Å²) in [5, 5.41) is 19.2. The van der Waals surface area contributed by atoms with Crippen LogP contribution in [0.2, 0.25) is 0 Å². The Bertz CT molecular complexity index is 724. The predicted molar refractivity (Wildman–Crippen MR) is 90.1 cm³/mol. The summed E-state index contributed by atoms with van der Waals surface area (Å²) >= 11 is 0. The van der Waals surface area contributed by atoms with Crippen LogP contribution in [0, 0.1) is 0 Å². The van der Waals surface area contributed by atoms with Crippen LogP contribution in [0.4, 0.5) is 0 Å². The van der Waals surface area contributed by atoms with Crippen LogP contribution in [0.5, 0.6) is 11.5 Å². The number of aromatic hydroxyl groups is 2. The molecule has 0 amide bonds. The molecule has 3 rings (SSSR count). The molecule has 1 atom stereocenters. The van der Waals surface area contributed by atoms with Crippen molar-refractivity contribution in [2.45, 2.75) is 25.7 Å². The van der Waals surface area contributed by atoms with Crippen LogP contribution in [-0.2, 0) is 6.42 Å². The number of benzene rings is 2. The lowest BCUT2D eigenvalue weighted by molar-refractivity contribution is 0.469. The first-order chi connectivity index (χ1) is 10.7. The van der Waals surface area contributed by atoms with Crippen molar-refractivity contribution in [1.82, 2.24) is 0 Å². The van der Waals surface area contributed by atoms with Crippen molar-refractivity contribution in [3.8, 4) is 11.5 Å². The minimum atomic E-state index is 0.302. The van der Waals surface area contributed by atoms with Gasteiger partial charge in [0.05, 0.1) is 0 Å². The highest BCUT2D eigenvalue weighted by Crippen LogP contribution is 2.32. The van der Waals surface area contributed by atoms with Crippen molar-refractivity contribution in [2.24, 2.45) is 0 Å². The van der Waals surface area contributed by atoms with E-state index in [1.165, 1.54) is 11.1 Å². The van der Waals surface area contributed by atoms with Crippen molar-refractivity contribution in [3.63, 3.8) is 0 Å². The second kappa shape index (κ2) is 6.10. The molecule has 0 radical (unpaired) electrons. The molecule has 0 aromatic heterocycles. The summed E-state index contributed by atoms with van der Waals surface area (Å²) in [4.78, 5) is 0. The molecule has 0 bridgehead atoms. The molecule has 2 aromatic rings. The van der Waals surface area contributed by atoms with Gasteiger partial charge in [0.15, 0.2) is 0 Å². The third-order valence-electron chi connectivity index (χ3n) is 4.21. The molecule has 0 spiro atoms. The molecule has 1 aliphatic rings. The molecule has 0 saturated heterocycles. The molecule has 2 nitrogen and oxygen atoms in total. The number of allylic oxidation sites excluding steroid dienone is 4. The molecule has 112 valence electrons. The summed E-state index contributed by atoms with van der Waals surface area (Å²) in [6, 6.07) is 13.2. The number of rotatable bonds is 3. The number of hydrogen-bond donors (Lipinski definition) is 2. The Kier molecular flexibility index (Phi) is 4.01. The van der Waals surface area contributed by atoms with E-state index in [0.29, 0.717) is 17.4 Å². The van der Waals surface area contributed by atoms with Gasteiger partial charge in [0.25, 0.3) is 0 Å². The average Bonchev–Trinajstić information content (AvgIpc) is 2.56. The van der Waals surface area contributed by atoms with Gasteiger partial charge >= 0.3 is 0 Å². The number of hydrogen-bond acceptors (Lipinski definition) is 2. The van der Waals surface area contributed by atoms with Crippen LogP contribution in [-0.4, -0.2) is 10.2 Å². The van der Waals surface area contributed by atoms with Gasteiger partial charge in [-0.15, -0.1) is 0 Å². The fourth-order valence-electron chi connectivity index (χ4n) is 2.85. The Morgan fingerprint density at radius 1 is 1.05 bits per heavy atom. The molecule has 0 saturated carbocycles. The van der Waals surface area contributed by atoms with Crippen LogP contribution < -0.4 is 0 Å². The SMILES string of the molecule is CCc1cc(C2=CCC(c3ccc(O)cc3)C=C2)ccc1O. The first-order valence-electron chi connectivity index (χ1n) is 7.67. The van der Waals surface area contributed by atoms with Crippen LogP contribution in [0.25, 0.3) is 5.57 Å². The van der Waals surface area contributed by atoms with E-state index in [9.17, 15) is 10.2 Å². The van der Waals surface area contributed by atoms with E-state index in [0.717, 1.165) is 24.0 Å². The maximum atomic E-state index is 9.79. The number of aryl methyl sites for hydroxylation is 1. The monoisotopic (exact) mass is 292 g/mol. The maximum Gasteiger partial charge on any atom is 0.118 e. The third kappa shape index (κ3) is 2.91. The minimum absolute atomic E-state index is 0.302. The lowest BCUT2D eigenvalue weighted by Crippen LogP contribution is -1.98. The summed E-state index contributed by atoms with van der Waals surface area (Å²) in [5.41, 5.74) is 4.54. The number of phenols is 2. The Morgan fingerprint density at radius 2 is 1.82 bits per heavy atom. The van der Waals surface area contributed by atoms with E-state index < -0.39 is 0 Å². The smallest absolute Gasteiger partial charge is 0.118 e. The van der Waals surface area contributed by atoms with Crippen LogP contribution in [0.15, 0.2) is 60.7 Å². The van der Waals surface area contributed by atoms with Crippen LogP contribution in [0.3, 0.4) is 0 Å². The molecule has 1 aliphatic carbocycles. The van der Waals surface area contributed by atoms with E-state index in [4.69, 9.17) is 0 Å². The molecule has 2 N–H and O–H groups in total. The Morgan fingerprint density at radius 3 is 2.45 bits per heavy atom. The summed E-state index contributed by atoms with van der Waals surface area (Å²) in [6.07, 6.45) is 8.36. The molecule has 0 aliphatic heterocycles. The molecule has 2 heteroatoms. The summed E-state index contributed by atoms with van der Waals surface area (Å²) in [7, 11) is 0. The summed E-state index contributed by atoms with van der Waals surface area (Å²) in [5.74, 6) is 1.02. The molecule has 22 heavy (non-hydrogen) atoms. The Labute approximate surface area is 131 Å². The molecular formula is C20H20O2. The molecule has 0 fully saturated rings. The van der Waals surface area contributed by atoms with Crippen molar-refractivity contribution in [1.29, 1.82) is 0 Å². The van der Waals surface area contributed by atoms with Gasteiger partial charge in [-0.25, -0.2) is 0 Å². The van der Waals surface area contributed by atoms with Gasteiger partial charge in [-0.1, -0.05) is 43.4 Å². The van der Waals surface area contributed by atoms with Gasteiger partial charge in [-0.2, -0.15) is 0 Å². The summed E-state index contributed by atoms with van der Waals surface area (Å²) in [6.45, 7) is 2.05. The van der Waals surface area contributed by atoms with Crippen LogP contribution >= 0.6 is 0 Å². The Hall–Kier alpha value is -2.48. The van der Waals surface area contributed by atoms with E-state index in [1.807, 2.05) is 25.1 Å². The van der Waals surface area contributed by atoms with Gasteiger partial charge in [-0.05, 0) is 59.4 Å². The van der Waals surface area contributed by atoms with Crippen LogP contribution in [0.1, 0.15) is 36.0 Å². The lowest BCUT2D eigenvalue weighted by atomic mass is 9.88. The van der Waals surface area contributed by atoms with E-state index in [2.05, 4.69) is 24.3 Å². The fraction of sp³-hybridized carbons (Fsp3) is 0.200. The molecule has 2 aromatic carbocycles.